The second kappa shape index (κ2) is 4.03. The molecule has 0 saturated carbocycles. The molecule has 0 atom stereocenters. The molecule has 5 heteroatoms. The molecular weight excluding hydrogens is 246 g/mol. The molecule has 2 aromatic heterocycles. The molecule has 0 aliphatic carbocycles. The fourth-order valence-corrected chi connectivity index (χ4v) is 3.12. The van der Waals surface area contributed by atoms with Crippen molar-refractivity contribution in [1.82, 2.24) is 9.78 Å². The van der Waals surface area contributed by atoms with Crippen LogP contribution in [0.5, 0.6) is 5.75 Å². The van der Waals surface area contributed by atoms with Crippen LogP contribution >= 0.6 is 11.3 Å². The Morgan fingerprint density at radius 1 is 1.28 bits per heavy atom. The van der Waals surface area contributed by atoms with Crippen molar-refractivity contribution in [2.24, 2.45) is 7.05 Å². The molecule has 0 amide bonds. The lowest BCUT2D eigenvalue weighted by molar-refractivity contribution is 0.415. The number of hydrogen-bond acceptors (Lipinski definition) is 4. The van der Waals surface area contributed by atoms with Gasteiger partial charge in [-0.15, -0.1) is 11.3 Å². The smallest absolute Gasteiger partial charge is 0.146 e. The van der Waals surface area contributed by atoms with E-state index in [-0.39, 0.29) is 0 Å². The van der Waals surface area contributed by atoms with Gasteiger partial charge in [0.1, 0.15) is 11.6 Å². The maximum Gasteiger partial charge on any atom is 0.146 e. The Morgan fingerprint density at radius 2 is 2.11 bits per heavy atom. The number of ether oxygens (including phenoxy) is 1. The monoisotopic (exact) mass is 259 g/mol. The summed E-state index contributed by atoms with van der Waals surface area (Å²) in [7, 11) is 3.58. The van der Waals surface area contributed by atoms with Gasteiger partial charge in [0.05, 0.1) is 17.7 Å². The Hall–Kier alpha value is -2.01. The minimum absolute atomic E-state index is 0.544. The normalized spacial score (nSPS) is 11.0. The van der Waals surface area contributed by atoms with E-state index in [0.717, 1.165) is 16.3 Å². The number of nitrogen functional groups attached to an aromatic ring is 1. The molecule has 2 N–H and O–H groups in total. The number of aryl methyl sites for hydroxylation is 1. The first kappa shape index (κ1) is 11.1. The summed E-state index contributed by atoms with van der Waals surface area (Å²) in [6, 6.07) is 10.1. The van der Waals surface area contributed by atoms with Gasteiger partial charge in [0.2, 0.25) is 0 Å². The maximum atomic E-state index is 5.71. The van der Waals surface area contributed by atoms with Crippen molar-refractivity contribution < 1.29 is 4.74 Å². The zero-order chi connectivity index (χ0) is 12.7. The van der Waals surface area contributed by atoms with Crippen LogP contribution in [0.25, 0.3) is 20.7 Å². The van der Waals surface area contributed by atoms with Crippen molar-refractivity contribution >= 4 is 27.2 Å². The Labute approximate surface area is 109 Å². The quantitative estimate of drug-likeness (QED) is 0.770. The maximum absolute atomic E-state index is 5.71. The third-order valence-electron chi connectivity index (χ3n) is 2.88. The number of hydrogen-bond donors (Lipinski definition) is 1. The van der Waals surface area contributed by atoms with Crippen LogP contribution in [0.3, 0.4) is 0 Å². The van der Waals surface area contributed by atoms with Gasteiger partial charge in [0, 0.05) is 17.8 Å². The van der Waals surface area contributed by atoms with E-state index in [0.29, 0.717) is 5.82 Å². The SMILES string of the molecule is COc1ccc2cc(-c3cc(N)nn3C)sc2c1. The third kappa shape index (κ3) is 1.73. The molecule has 0 aliphatic rings. The number of thiophene rings is 1. The molecule has 1 aromatic carbocycles. The number of anilines is 1. The lowest BCUT2D eigenvalue weighted by Gasteiger charge is -1.97. The molecule has 4 nitrogen and oxygen atoms in total. The van der Waals surface area contributed by atoms with E-state index in [4.69, 9.17) is 10.5 Å². The molecule has 0 fully saturated rings. The van der Waals surface area contributed by atoms with Gasteiger partial charge in [0.25, 0.3) is 0 Å². The summed E-state index contributed by atoms with van der Waals surface area (Å²) in [4.78, 5) is 1.16. The van der Waals surface area contributed by atoms with Gasteiger partial charge < -0.3 is 10.5 Å². The van der Waals surface area contributed by atoms with Gasteiger partial charge in [-0.25, -0.2) is 0 Å². The number of aromatic nitrogens is 2. The van der Waals surface area contributed by atoms with Gasteiger partial charge in [-0.05, 0) is 29.7 Å². The molecule has 0 saturated heterocycles. The van der Waals surface area contributed by atoms with Crippen LogP contribution in [0, 0.1) is 0 Å². The van der Waals surface area contributed by atoms with E-state index in [1.165, 1.54) is 10.1 Å². The van der Waals surface area contributed by atoms with Crippen LogP contribution in [-0.4, -0.2) is 16.9 Å². The molecule has 0 radical (unpaired) electrons. The van der Waals surface area contributed by atoms with E-state index in [1.54, 1.807) is 23.1 Å². The first-order chi connectivity index (χ1) is 8.67. The summed E-state index contributed by atoms with van der Waals surface area (Å²) < 4.78 is 8.24. The number of methoxy groups -OCH3 is 1. The third-order valence-corrected chi connectivity index (χ3v) is 4.00. The Morgan fingerprint density at radius 3 is 2.78 bits per heavy atom. The number of benzene rings is 1. The summed E-state index contributed by atoms with van der Waals surface area (Å²) in [6.45, 7) is 0. The molecule has 18 heavy (non-hydrogen) atoms. The highest BCUT2D eigenvalue weighted by Gasteiger charge is 2.10. The van der Waals surface area contributed by atoms with Crippen molar-refractivity contribution in [3.63, 3.8) is 0 Å². The minimum atomic E-state index is 0.544. The summed E-state index contributed by atoms with van der Waals surface area (Å²) in [5.41, 5.74) is 6.74. The molecule has 3 rings (SSSR count). The van der Waals surface area contributed by atoms with E-state index in [9.17, 15) is 0 Å². The molecule has 3 aromatic rings. The van der Waals surface area contributed by atoms with E-state index in [1.807, 2.05) is 25.2 Å². The van der Waals surface area contributed by atoms with Crippen LogP contribution in [0.2, 0.25) is 0 Å². The number of nitrogens with zero attached hydrogens (tertiary/aromatic N) is 2. The Bertz CT molecular complexity index is 714. The number of nitrogens with two attached hydrogens (primary N) is 1. The molecule has 0 bridgehead atoms. The van der Waals surface area contributed by atoms with E-state index < -0.39 is 0 Å². The van der Waals surface area contributed by atoms with Crippen LogP contribution in [-0.2, 0) is 7.05 Å². The number of rotatable bonds is 2. The molecule has 92 valence electrons. The van der Waals surface area contributed by atoms with Crippen molar-refractivity contribution in [3.05, 3.63) is 30.3 Å². The Balaban J connectivity index is 2.16. The summed E-state index contributed by atoms with van der Waals surface area (Å²) in [6.07, 6.45) is 0. The van der Waals surface area contributed by atoms with Crippen molar-refractivity contribution in [3.8, 4) is 16.3 Å². The number of fused-ring (bicyclic) bond motifs is 1. The van der Waals surface area contributed by atoms with Crippen molar-refractivity contribution in [2.75, 3.05) is 12.8 Å². The molecular formula is C13H13N3OS. The highest BCUT2D eigenvalue weighted by Crippen LogP contribution is 2.35. The van der Waals surface area contributed by atoms with Gasteiger partial charge in [0.15, 0.2) is 0 Å². The fraction of sp³-hybridized carbons (Fsp3) is 0.154. The second-order valence-corrected chi connectivity index (χ2v) is 5.18. The minimum Gasteiger partial charge on any atom is -0.497 e. The zero-order valence-corrected chi connectivity index (χ0v) is 11.0. The zero-order valence-electron chi connectivity index (χ0n) is 10.2. The predicted molar refractivity (Wildman–Crippen MR) is 75.0 cm³/mol. The van der Waals surface area contributed by atoms with Crippen molar-refractivity contribution in [2.45, 2.75) is 0 Å². The van der Waals surface area contributed by atoms with E-state index >= 15 is 0 Å². The van der Waals surface area contributed by atoms with E-state index in [2.05, 4.69) is 17.2 Å². The first-order valence-electron chi connectivity index (χ1n) is 5.55. The standard InChI is InChI=1S/C13H13N3OS/c1-16-10(7-13(14)15-16)12-5-8-3-4-9(17-2)6-11(8)18-12/h3-7H,1-2H3,(H2,14,15). The van der Waals surface area contributed by atoms with Crippen LogP contribution in [0.15, 0.2) is 30.3 Å². The molecule has 0 unspecified atom stereocenters. The highest BCUT2D eigenvalue weighted by molar-refractivity contribution is 7.22. The average Bonchev–Trinajstić information content (AvgIpc) is 2.90. The van der Waals surface area contributed by atoms with Crippen LogP contribution in [0.4, 0.5) is 5.82 Å². The van der Waals surface area contributed by atoms with Gasteiger partial charge in [-0.1, -0.05) is 0 Å². The largest absolute Gasteiger partial charge is 0.497 e. The molecule has 0 spiro atoms. The molecule has 0 aliphatic heterocycles. The van der Waals surface area contributed by atoms with Crippen molar-refractivity contribution in [1.29, 1.82) is 0 Å². The second-order valence-electron chi connectivity index (χ2n) is 4.09. The van der Waals surface area contributed by atoms with Crippen LogP contribution in [0.1, 0.15) is 0 Å². The average molecular weight is 259 g/mol. The predicted octanol–water partition coefficient (Wildman–Crippen LogP) is 2.89. The lowest BCUT2D eigenvalue weighted by Crippen LogP contribution is -1.93. The van der Waals surface area contributed by atoms with Gasteiger partial charge in [-0.2, -0.15) is 5.10 Å². The lowest BCUT2D eigenvalue weighted by atomic mass is 10.2. The van der Waals surface area contributed by atoms with Gasteiger partial charge in [-0.3, -0.25) is 4.68 Å². The topological polar surface area (TPSA) is 53.1 Å². The van der Waals surface area contributed by atoms with Gasteiger partial charge >= 0.3 is 0 Å². The summed E-state index contributed by atoms with van der Waals surface area (Å²) >= 11 is 1.71. The highest BCUT2D eigenvalue weighted by atomic mass is 32.1. The molecule has 2 heterocycles. The van der Waals surface area contributed by atoms with Crippen LogP contribution < -0.4 is 10.5 Å². The Kier molecular flexibility index (Phi) is 2.48. The summed E-state index contributed by atoms with van der Waals surface area (Å²) in [5, 5.41) is 5.37. The summed E-state index contributed by atoms with van der Waals surface area (Å²) in [5.74, 6) is 1.42. The fourth-order valence-electron chi connectivity index (χ4n) is 1.98. The first-order valence-corrected chi connectivity index (χ1v) is 6.36.